The number of hydrogen-bond donors (Lipinski definition) is 0. The molecule has 0 aliphatic heterocycles. The summed E-state index contributed by atoms with van der Waals surface area (Å²) in [4.78, 5) is 11.8. The average Bonchev–Trinajstić information content (AvgIpc) is 3.08. The summed E-state index contributed by atoms with van der Waals surface area (Å²) in [5.74, 6) is 2.81. The molecule has 4 rings (SSSR count). The molecule has 0 aromatic heterocycles. The molecular weight excluding hydrogens is 416 g/mol. The highest BCUT2D eigenvalue weighted by atomic mass is 16.5. The molecular formula is C32H52O2. The monoisotopic (exact) mass is 468 g/mol. The van der Waals surface area contributed by atoms with E-state index in [0.29, 0.717) is 22.2 Å². The molecule has 0 unspecified atom stereocenters. The molecule has 2 heteroatoms. The molecule has 0 aromatic rings. The first kappa shape index (κ1) is 26.0. The zero-order valence-electron chi connectivity index (χ0n) is 23.6. The Morgan fingerprint density at radius 3 is 2.21 bits per heavy atom. The molecule has 4 aliphatic carbocycles. The van der Waals surface area contributed by atoms with Gasteiger partial charge in [-0.25, -0.2) is 0 Å². The van der Waals surface area contributed by atoms with Crippen LogP contribution < -0.4 is 0 Å². The lowest BCUT2D eigenvalue weighted by atomic mass is 9.35. The molecule has 0 saturated heterocycles. The second-order valence-electron chi connectivity index (χ2n) is 14.3. The van der Waals surface area contributed by atoms with Crippen molar-refractivity contribution in [3.8, 4) is 0 Å². The van der Waals surface area contributed by atoms with E-state index in [2.05, 4.69) is 61.1 Å². The molecule has 0 bridgehead atoms. The van der Waals surface area contributed by atoms with Crippen molar-refractivity contribution in [2.45, 2.75) is 126 Å². The van der Waals surface area contributed by atoms with Crippen LogP contribution in [0.4, 0.5) is 0 Å². The Hall–Kier alpha value is -1.05. The van der Waals surface area contributed by atoms with Crippen molar-refractivity contribution < 1.29 is 9.53 Å². The van der Waals surface area contributed by atoms with E-state index in [1.165, 1.54) is 56.1 Å². The summed E-state index contributed by atoms with van der Waals surface area (Å²) in [6, 6.07) is 0. The normalized spacial score (nSPS) is 44.9. The van der Waals surface area contributed by atoms with Gasteiger partial charge >= 0.3 is 5.97 Å². The first-order chi connectivity index (χ1) is 15.8. The number of rotatable bonds is 5. The molecule has 0 N–H and O–H groups in total. The number of esters is 1. The van der Waals surface area contributed by atoms with Gasteiger partial charge in [-0.1, -0.05) is 58.4 Å². The van der Waals surface area contributed by atoms with Crippen LogP contribution in [0, 0.1) is 45.3 Å². The molecule has 34 heavy (non-hydrogen) atoms. The fraction of sp³-hybridized carbons (Fsp3) is 0.844. The zero-order valence-corrected chi connectivity index (χ0v) is 23.6. The molecule has 0 amide bonds. The quantitative estimate of drug-likeness (QED) is 0.297. The van der Waals surface area contributed by atoms with Gasteiger partial charge in [-0.3, -0.25) is 4.79 Å². The topological polar surface area (TPSA) is 26.3 Å². The Labute approximate surface area is 210 Å². The van der Waals surface area contributed by atoms with Crippen molar-refractivity contribution >= 4 is 5.97 Å². The second-order valence-corrected chi connectivity index (χ2v) is 14.3. The average molecular weight is 469 g/mol. The summed E-state index contributed by atoms with van der Waals surface area (Å²) in [6.07, 6.45) is 15.1. The van der Waals surface area contributed by atoms with E-state index in [1.54, 1.807) is 6.92 Å². The zero-order chi connectivity index (χ0) is 25.1. The van der Waals surface area contributed by atoms with Crippen LogP contribution in [-0.4, -0.2) is 12.1 Å². The lowest BCUT2D eigenvalue weighted by Crippen LogP contribution is -2.64. The minimum Gasteiger partial charge on any atom is -0.462 e. The molecule has 2 nitrogen and oxygen atoms in total. The molecule has 0 heterocycles. The van der Waals surface area contributed by atoms with E-state index in [9.17, 15) is 4.79 Å². The minimum atomic E-state index is -0.114. The van der Waals surface area contributed by atoms with Gasteiger partial charge < -0.3 is 4.74 Å². The molecule has 4 fully saturated rings. The van der Waals surface area contributed by atoms with Crippen LogP contribution in [0.1, 0.15) is 120 Å². The van der Waals surface area contributed by atoms with Gasteiger partial charge in [0.1, 0.15) is 6.10 Å². The van der Waals surface area contributed by atoms with Gasteiger partial charge in [0, 0.05) is 12.3 Å². The maximum Gasteiger partial charge on any atom is 0.302 e. The van der Waals surface area contributed by atoms with Gasteiger partial charge in [0.15, 0.2) is 0 Å². The largest absolute Gasteiger partial charge is 0.462 e. The molecule has 0 spiro atoms. The van der Waals surface area contributed by atoms with E-state index in [1.807, 2.05) is 0 Å². The Bertz CT molecular complexity index is 847. The summed E-state index contributed by atoms with van der Waals surface area (Å²) in [7, 11) is 0. The van der Waals surface area contributed by atoms with Gasteiger partial charge in [-0.05, 0) is 118 Å². The summed E-state index contributed by atoms with van der Waals surface area (Å²) in [6.45, 7) is 23.4. The number of carbonyl (C=O) groups excluding carboxylic acids is 1. The van der Waals surface area contributed by atoms with Crippen molar-refractivity contribution in [2.24, 2.45) is 45.3 Å². The molecule has 8 atom stereocenters. The fourth-order valence-corrected chi connectivity index (χ4v) is 10.4. The number of fused-ring (bicyclic) bond motifs is 5. The van der Waals surface area contributed by atoms with Crippen LogP contribution in [0.15, 0.2) is 23.8 Å². The maximum absolute atomic E-state index is 11.8. The van der Waals surface area contributed by atoms with Crippen molar-refractivity contribution in [3.05, 3.63) is 23.8 Å². The molecule has 0 radical (unpaired) electrons. The van der Waals surface area contributed by atoms with Crippen LogP contribution in [0.2, 0.25) is 0 Å². The van der Waals surface area contributed by atoms with Crippen molar-refractivity contribution in [2.75, 3.05) is 0 Å². The first-order valence-corrected chi connectivity index (χ1v) is 14.3. The summed E-state index contributed by atoms with van der Waals surface area (Å²) < 4.78 is 5.89. The highest BCUT2D eigenvalue weighted by Crippen LogP contribution is 2.75. The Morgan fingerprint density at radius 1 is 0.882 bits per heavy atom. The SMILES string of the molecule is C=C(CCC=C(C)C)[C@H]1CC[C@]2(C)[C@H]1CC[C@@H]1[C@@]3(C)CC[C@H](OC(C)=O)C(C)(C)[C@@H]3CC[C@]12C. The van der Waals surface area contributed by atoms with Crippen LogP contribution >= 0.6 is 0 Å². The van der Waals surface area contributed by atoms with Gasteiger partial charge in [0.25, 0.3) is 0 Å². The van der Waals surface area contributed by atoms with Crippen LogP contribution in [-0.2, 0) is 9.53 Å². The Balaban J connectivity index is 1.57. The van der Waals surface area contributed by atoms with E-state index in [-0.39, 0.29) is 17.5 Å². The van der Waals surface area contributed by atoms with Gasteiger partial charge in [-0.15, -0.1) is 0 Å². The third-order valence-electron chi connectivity index (χ3n) is 12.2. The third-order valence-corrected chi connectivity index (χ3v) is 12.2. The Kier molecular flexibility index (Phi) is 6.74. The van der Waals surface area contributed by atoms with Gasteiger partial charge in [0.05, 0.1) is 0 Å². The summed E-state index contributed by atoms with van der Waals surface area (Å²) in [5.41, 5.74) is 4.17. The predicted octanol–water partition coefficient (Wildman–Crippen LogP) is 8.91. The highest BCUT2D eigenvalue weighted by Gasteiger charge is 2.68. The Morgan fingerprint density at radius 2 is 1.56 bits per heavy atom. The smallest absolute Gasteiger partial charge is 0.302 e. The minimum absolute atomic E-state index is 0.0508. The third kappa shape index (κ3) is 3.85. The first-order valence-electron chi connectivity index (χ1n) is 14.3. The number of ether oxygens (including phenoxy) is 1. The van der Waals surface area contributed by atoms with E-state index in [0.717, 1.165) is 37.0 Å². The lowest BCUT2D eigenvalue weighted by Gasteiger charge is -2.70. The lowest BCUT2D eigenvalue weighted by molar-refractivity contribution is -0.226. The van der Waals surface area contributed by atoms with Gasteiger partial charge in [-0.2, -0.15) is 0 Å². The highest BCUT2D eigenvalue weighted by molar-refractivity contribution is 5.66. The maximum atomic E-state index is 11.8. The van der Waals surface area contributed by atoms with E-state index >= 15 is 0 Å². The van der Waals surface area contributed by atoms with Crippen molar-refractivity contribution in [1.29, 1.82) is 0 Å². The van der Waals surface area contributed by atoms with E-state index < -0.39 is 0 Å². The van der Waals surface area contributed by atoms with Crippen molar-refractivity contribution in [1.82, 2.24) is 0 Å². The number of hydrogen-bond acceptors (Lipinski definition) is 2. The fourth-order valence-electron chi connectivity index (χ4n) is 10.4. The number of allylic oxidation sites excluding steroid dienone is 3. The van der Waals surface area contributed by atoms with Gasteiger partial charge in [0.2, 0.25) is 0 Å². The molecule has 192 valence electrons. The number of carbonyl (C=O) groups is 1. The van der Waals surface area contributed by atoms with E-state index in [4.69, 9.17) is 4.74 Å². The predicted molar refractivity (Wildman–Crippen MR) is 142 cm³/mol. The standard InChI is InChI=1S/C32H52O2/c1-21(2)11-10-12-22(3)24-15-19-31(8)25(24)13-14-27-30(7)18-17-28(34-23(4)33)29(5,6)26(30)16-20-32(27,31)9/h11,24-28H,3,10,12-20H2,1-2,4-9H3/t24-,25+,26+,27-,28+,30+,31-,32-/m1/s1. The summed E-state index contributed by atoms with van der Waals surface area (Å²) in [5, 5.41) is 0. The molecule has 0 aromatic carbocycles. The van der Waals surface area contributed by atoms with Crippen molar-refractivity contribution in [3.63, 3.8) is 0 Å². The van der Waals surface area contributed by atoms with Crippen LogP contribution in [0.5, 0.6) is 0 Å². The molecule has 4 saturated carbocycles. The van der Waals surface area contributed by atoms with Crippen LogP contribution in [0.25, 0.3) is 0 Å². The van der Waals surface area contributed by atoms with Crippen LogP contribution in [0.3, 0.4) is 0 Å². The molecule has 4 aliphatic rings. The summed E-state index contributed by atoms with van der Waals surface area (Å²) >= 11 is 0. The second kappa shape index (κ2) is 8.81.